The molecular formula is C20H15Cl2N7. The molecule has 7 nitrogen and oxygen atoms in total. The van der Waals surface area contributed by atoms with Crippen molar-refractivity contribution in [1.82, 2.24) is 34.9 Å². The van der Waals surface area contributed by atoms with Gasteiger partial charge in [0.1, 0.15) is 5.52 Å². The number of hydrogen-bond donors (Lipinski definition) is 2. The van der Waals surface area contributed by atoms with Crippen LogP contribution in [0, 0.1) is 6.92 Å². The molecule has 0 atom stereocenters. The summed E-state index contributed by atoms with van der Waals surface area (Å²) in [5.74, 6) is 0. The fourth-order valence-corrected chi connectivity index (χ4v) is 3.59. The first kappa shape index (κ1) is 17.9. The molecule has 0 fully saturated rings. The van der Waals surface area contributed by atoms with Crippen LogP contribution in [0.4, 0.5) is 0 Å². The van der Waals surface area contributed by atoms with Gasteiger partial charge < -0.3 is 4.98 Å². The van der Waals surface area contributed by atoms with E-state index in [0.717, 1.165) is 44.8 Å². The van der Waals surface area contributed by atoms with Gasteiger partial charge in [-0.25, -0.2) is 9.97 Å². The average Bonchev–Trinajstić information content (AvgIpc) is 3.43. The number of nitrogens with zero attached hydrogens (tertiary/aromatic N) is 5. The van der Waals surface area contributed by atoms with E-state index in [9.17, 15) is 0 Å². The molecule has 0 radical (unpaired) electrons. The summed E-state index contributed by atoms with van der Waals surface area (Å²) in [7, 11) is 0. The molecule has 5 rings (SSSR count). The van der Waals surface area contributed by atoms with Crippen LogP contribution in [-0.4, -0.2) is 34.9 Å². The van der Waals surface area contributed by atoms with Crippen molar-refractivity contribution in [2.45, 2.75) is 13.5 Å². The Labute approximate surface area is 175 Å². The molecule has 2 N–H and O–H groups in total. The largest absolute Gasteiger partial charge is 0.344 e. The van der Waals surface area contributed by atoms with Crippen molar-refractivity contribution in [1.29, 1.82) is 0 Å². The molecule has 0 saturated heterocycles. The zero-order chi connectivity index (χ0) is 20.0. The lowest BCUT2D eigenvalue weighted by atomic mass is 10.1. The Kier molecular flexibility index (Phi) is 4.34. The molecule has 4 heterocycles. The number of aromatic amines is 2. The molecular weight excluding hydrogens is 409 g/mol. The third-order valence-electron chi connectivity index (χ3n) is 4.76. The van der Waals surface area contributed by atoms with Crippen molar-refractivity contribution in [2.75, 3.05) is 0 Å². The highest BCUT2D eigenvalue weighted by Crippen LogP contribution is 2.29. The van der Waals surface area contributed by atoms with Crippen LogP contribution in [0.15, 0.2) is 49.2 Å². The summed E-state index contributed by atoms with van der Waals surface area (Å²) in [5.41, 5.74) is 7.08. The van der Waals surface area contributed by atoms with Gasteiger partial charge in [0.25, 0.3) is 0 Å². The molecule has 0 bridgehead atoms. The van der Waals surface area contributed by atoms with Crippen LogP contribution < -0.4 is 0 Å². The van der Waals surface area contributed by atoms with E-state index in [-0.39, 0.29) is 0 Å². The number of H-pyrrole nitrogens is 2. The number of fused-ring (bicyclic) bond motifs is 1. The van der Waals surface area contributed by atoms with Crippen LogP contribution in [0.3, 0.4) is 0 Å². The second kappa shape index (κ2) is 7.02. The Hall–Kier alpha value is -3.16. The molecule has 0 unspecified atom stereocenters. The Morgan fingerprint density at radius 2 is 1.97 bits per heavy atom. The normalized spacial score (nSPS) is 11.4. The number of aryl methyl sites for hydroxylation is 1. The fourth-order valence-electron chi connectivity index (χ4n) is 3.26. The summed E-state index contributed by atoms with van der Waals surface area (Å²) in [6.07, 6.45) is 9.19. The lowest BCUT2D eigenvalue weighted by Gasteiger charge is -2.03. The van der Waals surface area contributed by atoms with Crippen LogP contribution in [0.5, 0.6) is 0 Å². The topological polar surface area (TPSA) is 88.1 Å². The first-order chi connectivity index (χ1) is 14.1. The summed E-state index contributed by atoms with van der Waals surface area (Å²) in [6, 6.07) is 5.58. The highest BCUT2D eigenvalue weighted by atomic mass is 35.5. The molecule has 29 heavy (non-hydrogen) atoms. The molecule has 0 saturated carbocycles. The van der Waals surface area contributed by atoms with Crippen LogP contribution >= 0.6 is 23.2 Å². The lowest BCUT2D eigenvalue weighted by molar-refractivity contribution is 0.687. The third kappa shape index (κ3) is 3.28. The third-order valence-corrected chi connectivity index (χ3v) is 5.50. The summed E-state index contributed by atoms with van der Waals surface area (Å²) in [6.45, 7) is 2.55. The Balaban J connectivity index is 1.49. The maximum absolute atomic E-state index is 6.11. The van der Waals surface area contributed by atoms with E-state index in [1.165, 1.54) is 0 Å². The van der Waals surface area contributed by atoms with Gasteiger partial charge in [-0.15, -0.1) is 0 Å². The molecule has 144 valence electrons. The Bertz CT molecular complexity index is 1330. The van der Waals surface area contributed by atoms with Crippen LogP contribution in [0.2, 0.25) is 10.0 Å². The van der Waals surface area contributed by atoms with Gasteiger partial charge in [0.05, 0.1) is 40.9 Å². The van der Waals surface area contributed by atoms with Crippen molar-refractivity contribution >= 4 is 34.4 Å². The molecule has 4 aromatic heterocycles. The molecule has 0 aliphatic heterocycles. The molecule has 0 amide bonds. The number of rotatable bonds is 4. The van der Waals surface area contributed by atoms with E-state index in [0.29, 0.717) is 16.6 Å². The second-order valence-electron chi connectivity index (χ2n) is 6.74. The second-order valence-corrected chi connectivity index (χ2v) is 7.55. The van der Waals surface area contributed by atoms with Crippen molar-refractivity contribution < 1.29 is 0 Å². The SMILES string of the molecule is Cc1[nH]ncc1-c1cnc2[nH]cc(-c3cnn(Cc4ccc(Cl)c(Cl)c4)c3)c2n1. The van der Waals surface area contributed by atoms with Gasteiger partial charge in [-0.2, -0.15) is 10.2 Å². The zero-order valence-corrected chi connectivity index (χ0v) is 16.8. The van der Waals surface area contributed by atoms with E-state index >= 15 is 0 Å². The minimum atomic E-state index is 0.533. The van der Waals surface area contributed by atoms with Gasteiger partial charge >= 0.3 is 0 Å². The van der Waals surface area contributed by atoms with Crippen molar-refractivity contribution in [3.05, 3.63) is 70.5 Å². The van der Waals surface area contributed by atoms with Crippen LogP contribution in [-0.2, 0) is 6.54 Å². The van der Waals surface area contributed by atoms with Gasteiger partial charge in [-0.1, -0.05) is 29.3 Å². The summed E-state index contributed by atoms with van der Waals surface area (Å²) in [4.78, 5) is 12.5. The highest BCUT2D eigenvalue weighted by Gasteiger charge is 2.14. The predicted octanol–water partition coefficient (Wildman–Crippen LogP) is 4.88. The fraction of sp³-hybridized carbons (Fsp3) is 0.100. The number of hydrogen-bond acceptors (Lipinski definition) is 4. The van der Waals surface area contributed by atoms with Gasteiger partial charge in [-0.3, -0.25) is 9.78 Å². The van der Waals surface area contributed by atoms with Crippen molar-refractivity contribution in [3.63, 3.8) is 0 Å². The monoisotopic (exact) mass is 423 g/mol. The number of aromatic nitrogens is 7. The van der Waals surface area contributed by atoms with Crippen molar-refractivity contribution in [2.24, 2.45) is 0 Å². The molecule has 9 heteroatoms. The summed E-state index contributed by atoms with van der Waals surface area (Å²) >= 11 is 12.1. The number of nitrogens with one attached hydrogen (secondary N) is 2. The lowest BCUT2D eigenvalue weighted by Crippen LogP contribution is -1.99. The summed E-state index contributed by atoms with van der Waals surface area (Å²) in [5, 5.41) is 12.6. The van der Waals surface area contributed by atoms with Crippen LogP contribution in [0.1, 0.15) is 11.3 Å². The Morgan fingerprint density at radius 3 is 2.76 bits per heavy atom. The Morgan fingerprint density at radius 1 is 1.07 bits per heavy atom. The van der Waals surface area contributed by atoms with Crippen LogP contribution in [0.25, 0.3) is 33.5 Å². The minimum absolute atomic E-state index is 0.533. The molecule has 0 aliphatic rings. The number of benzene rings is 1. The van der Waals surface area contributed by atoms with Gasteiger partial charge in [0.15, 0.2) is 5.65 Å². The number of halogens is 2. The average molecular weight is 424 g/mol. The van der Waals surface area contributed by atoms with E-state index < -0.39 is 0 Å². The zero-order valence-electron chi connectivity index (χ0n) is 15.3. The van der Waals surface area contributed by atoms with E-state index in [1.54, 1.807) is 18.5 Å². The summed E-state index contributed by atoms with van der Waals surface area (Å²) < 4.78 is 1.85. The predicted molar refractivity (Wildman–Crippen MR) is 113 cm³/mol. The molecule has 1 aromatic carbocycles. The van der Waals surface area contributed by atoms with E-state index in [1.807, 2.05) is 42.3 Å². The first-order valence-electron chi connectivity index (χ1n) is 8.90. The van der Waals surface area contributed by atoms with E-state index in [2.05, 4.69) is 25.3 Å². The highest BCUT2D eigenvalue weighted by molar-refractivity contribution is 6.42. The van der Waals surface area contributed by atoms with Gasteiger partial charge in [-0.05, 0) is 24.6 Å². The minimum Gasteiger partial charge on any atom is -0.344 e. The molecule has 0 spiro atoms. The van der Waals surface area contributed by atoms with Gasteiger partial charge in [0.2, 0.25) is 0 Å². The van der Waals surface area contributed by atoms with Crippen molar-refractivity contribution in [3.8, 4) is 22.4 Å². The first-order valence-corrected chi connectivity index (χ1v) is 9.65. The maximum Gasteiger partial charge on any atom is 0.156 e. The maximum atomic E-state index is 6.11. The van der Waals surface area contributed by atoms with E-state index in [4.69, 9.17) is 28.2 Å². The van der Waals surface area contributed by atoms with Gasteiger partial charge in [0, 0.05) is 34.8 Å². The molecule has 0 aliphatic carbocycles. The molecule has 5 aromatic rings. The smallest absolute Gasteiger partial charge is 0.156 e. The quantitative estimate of drug-likeness (QED) is 0.431. The standard InChI is InChI=1S/C20H15Cl2N7/c1-11-14(7-25-28-11)18-8-24-20-19(27-18)15(6-23-20)13-5-26-29(10-13)9-12-2-3-16(21)17(22)4-12/h2-8,10H,9H2,1H3,(H,23,24)(H,25,28).